The molecule has 1 atom stereocenters. The fourth-order valence-electron chi connectivity index (χ4n) is 2.53. The minimum Gasteiger partial charge on any atom is -0.378 e. The van der Waals surface area contributed by atoms with E-state index >= 15 is 0 Å². The molecule has 2 rings (SSSR count). The van der Waals surface area contributed by atoms with Crippen LogP contribution in [0.15, 0.2) is 4.99 Å². The average molecular weight is 286 g/mol. The number of ether oxygens (including phenoxy) is 2. The number of aliphatic imine (C=N–C) groups is 1. The first-order valence-electron chi connectivity index (χ1n) is 7.21. The van der Waals surface area contributed by atoms with E-state index in [1.54, 1.807) is 7.11 Å². The molecule has 1 N–H and O–H groups in total. The number of methoxy groups -OCH3 is 1. The van der Waals surface area contributed by atoms with Crippen molar-refractivity contribution >= 4 is 16.9 Å². The molecule has 1 fully saturated rings. The molecule has 0 spiro atoms. The van der Waals surface area contributed by atoms with E-state index in [0.29, 0.717) is 12.0 Å². The monoisotopic (exact) mass is 286 g/mol. The SMILES string of the molecule is CCC1(CC)CN=C(NCC2(OC)CCOC2)SC1. The van der Waals surface area contributed by atoms with Crippen LogP contribution in [0.3, 0.4) is 0 Å². The van der Waals surface area contributed by atoms with Gasteiger partial charge < -0.3 is 14.8 Å². The van der Waals surface area contributed by atoms with E-state index < -0.39 is 0 Å². The summed E-state index contributed by atoms with van der Waals surface area (Å²) >= 11 is 1.85. The highest BCUT2D eigenvalue weighted by Crippen LogP contribution is 2.35. The van der Waals surface area contributed by atoms with Crippen molar-refractivity contribution in [2.24, 2.45) is 10.4 Å². The van der Waals surface area contributed by atoms with E-state index in [2.05, 4.69) is 19.2 Å². The minimum atomic E-state index is -0.160. The maximum Gasteiger partial charge on any atom is 0.156 e. The zero-order valence-electron chi connectivity index (χ0n) is 12.3. The maximum absolute atomic E-state index is 5.62. The number of amidine groups is 1. The summed E-state index contributed by atoms with van der Waals surface area (Å²) in [6, 6.07) is 0. The summed E-state index contributed by atoms with van der Waals surface area (Å²) in [5.74, 6) is 1.17. The highest BCUT2D eigenvalue weighted by atomic mass is 32.2. The average Bonchev–Trinajstić information content (AvgIpc) is 2.95. The van der Waals surface area contributed by atoms with Gasteiger partial charge in [-0.2, -0.15) is 0 Å². The van der Waals surface area contributed by atoms with Crippen LogP contribution in [0.2, 0.25) is 0 Å². The van der Waals surface area contributed by atoms with Crippen LogP contribution in [0.4, 0.5) is 0 Å². The maximum atomic E-state index is 5.62. The van der Waals surface area contributed by atoms with Gasteiger partial charge >= 0.3 is 0 Å². The summed E-state index contributed by atoms with van der Waals surface area (Å²) in [6.45, 7) is 7.76. The molecule has 2 heterocycles. The van der Waals surface area contributed by atoms with Gasteiger partial charge in [-0.15, -0.1) is 0 Å². The molecule has 0 aliphatic carbocycles. The number of nitrogens with one attached hydrogen (secondary N) is 1. The highest BCUT2D eigenvalue weighted by Gasteiger charge is 2.36. The molecule has 0 aromatic carbocycles. The van der Waals surface area contributed by atoms with E-state index in [9.17, 15) is 0 Å². The molecule has 0 bridgehead atoms. The third kappa shape index (κ3) is 3.44. The predicted octanol–water partition coefficient (Wildman–Crippen LogP) is 2.29. The summed E-state index contributed by atoms with van der Waals surface area (Å²) in [5, 5.41) is 4.52. The molecular weight excluding hydrogens is 260 g/mol. The largest absolute Gasteiger partial charge is 0.378 e. The zero-order valence-corrected chi connectivity index (χ0v) is 13.1. The lowest BCUT2D eigenvalue weighted by Crippen LogP contribution is -2.45. The number of hydrogen-bond donors (Lipinski definition) is 1. The van der Waals surface area contributed by atoms with E-state index in [-0.39, 0.29) is 5.60 Å². The lowest BCUT2D eigenvalue weighted by molar-refractivity contribution is -0.0125. The van der Waals surface area contributed by atoms with Crippen molar-refractivity contribution in [3.8, 4) is 0 Å². The van der Waals surface area contributed by atoms with Crippen molar-refractivity contribution in [3.63, 3.8) is 0 Å². The standard InChI is InChI=1S/C14H26N2O2S/c1-4-13(5-2)8-15-12(19-11-13)16-9-14(17-3)6-7-18-10-14/h4-11H2,1-3H3,(H,15,16). The van der Waals surface area contributed by atoms with Crippen molar-refractivity contribution in [2.45, 2.75) is 38.7 Å². The van der Waals surface area contributed by atoms with Crippen molar-refractivity contribution in [1.29, 1.82) is 0 Å². The predicted molar refractivity (Wildman–Crippen MR) is 81.0 cm³/mol. The highest BCUT2D eigenvalue weighted by molar-refractivity contribution is 8.13. The van der Waals surface area contributed by atoms with Gasteiger partial charge in [0.25, 0.3) is 0 Å². The minimum absolute atomic E-state index is 0.160. The lowest BCUT2D eigenvalue weighted by atomic mass is 9.84. The van der Waals surface area contributed by atoms with Gasteiger partial charge in [-0.1, -0.05) is 25.6 Å². The van der Waals surface area contributed by atoms with Crippen molar-refractivity contribution in [3.05, 3.63) is 0 Å². The Morgan fingerprint density at radius 1 is 1.42 bits per heavy atom. The van der Waals surface area contributed by atoms with Crippen LogP contribution in [-0.4, -0.2) is 49.9 Å². The van der Waals surface area contributed by atoms with Crippen LogP contribution < -0.4 is 5.32 Å². The molecule has 2 aliphatic heterocycles. The Hall–Kier alpha value is -0.260. The summed E-state index contributed by atoms with van der Waals surface area (Å²) in [6.07, 6.45) is 3.38. The molecule has 110 valence electrons. The second kappa shape index (κ2) is 6.46. The summed E-state index contributed by atoms with van der Waals surface area (Å²) in [5.41, 5.74) is 0.248. The Morgan fingerprint density at radius 3 is 2.68 bits per heavy atom. The number of thioether (sulfide) groups is 1. The Bertz CT molecular complexity index is 323. The fourth-order valence-corrected chi connectivity index (χ4v) is 3.81. The van der Waals surface area contributed by atoms with Gasteiger partial charge in [0, 0.05) is 39.0 Å². The fraction of sp³-hybridized carbons (Fsp3) is 0.929. The van der Waals surface area contributed by atoms with Gasteiger partial charge in [-0.05, 0) is 18.3 Å². The Morgan fingerprint density at radius 2 is 2.21 bits per heavy atom. The van der Waals surface area contributed by atoms with Gasteiger partial charge in [-0.25, -0.2) is 0 Å². The molecule has 2 aliphatic rings. The molecule has 19 heavy (non-hydrogen) atoms. The van der Waals surface area contributed by atoms with Crippen LogP contribution in [-0.2, 0) is 9.47 Å². The molecule has 1 unspecified atom stereocenters. The van der Waals surface area contributed by atoms with Crippen LogP contribution in [0, 0.1) is 5.41 Å². The first kappa shape index (κ1) is 15.1. The molecule has 0 amide bonds. The molecule has 0 aromatic rings. The third-order valence-electron chi connectivity index (χ3n) is 4.64. The Balaban J connectivity index is 1.86. The molecule has 0 saturated carbocycles. The third-order valence-corrected chi connectivity index (χ3v) is 5.94. The van der Waals surface area contributed by atoms with Crippen molar-refractivity contribution in [1.82, 2.24) is 5.32 Å². The van der Waals surface area contributed by atoms with Crippen LogP contribution in [0.1, 0.15) is 33.1 Å². The van der Waals surface area contributed by atoms with Crippen molar-refractivity contribution in [2.75, 3.05) is 39.2 Å². The van der Waals surface area contributed by atoms with E-state index in [1.165, 1.54) is 18.6 Å². The van der Waals surface area contributed by atoms with E-state index in [4.69, 9.17) is 14.5 Å². The number of nitrogens with zero attached hydrogens (tertiary/aromatic N) is 1. The smallest absolute Gasteiger partial charge is 0.156 e. The lowest BCUT2D eigenvalue weighted by Gasteiger charge is -2.34. The van der Waals surface area contributed by atoms with Crippen LogP contribution >= 0.6 is 11.8 Å². The van der Waals surface area contributed by atoms with Gasteiger partial charge in [0.2, 0.25) is 0 Å². The van der Waals surface area contributed by atoms with Crippen molar-refractivity contribution < 1.29 is 9.47 Å². The number of hydrogen-bond acceptors (Lipinski definition) is 5. The van der Waals surface area contributed by atoms with E-state index in [0.717, 1.165) is 31.3 Å². The first-order valence-corrected chi connectivity index (χ1v) is 8.20. The number of rotatable bonds is 5. The van der Waals surface area contributed by atoms with Crippen LogP contribution in [0.25, 0.3) is 0 Å². The molecule has 0 aromatic heterocycles. The first-order chi connectivity index (χ1) is 9.17. The summed E-state index contributed by atoms with van der Waals surface area (Å²) in [7, 11) is 1.77. The Labute approximate surface area is 120 Å². The second-order valence-corrected chi connectivity index (χ2v) is 6.62. The molecule has 4 nitrogen and oxygen atoms in total. The Kier molecular flexibility index (Phi) is 5.15. The normalized spacial score (nSPS) is 30.2. The second-order valence-electron chi connectivity index (χ2n) is 5.66. The van der Waals surface area contributed by atoms with Gasteiger partial charge in [0.05, 0.1) is 6.61 Å². The summed E-state index contributed by atoms with van der Waals surface area (Å²) < 4.78 is 11.1. The van der Waals surface area contributed by atoms with Gasteiger partial charge in [-0.3, -0.25) is 4.99 Å². The van der Waals surface area contributed by atoms with Gasteiger partial charge in [0.15, 0.2) is 5.17 Å². The van der Waals surface area contributed by atoms with Crippen LogP contribution in [0.5, 0.6) is 0 Å². The molecule has 1 saturated heterocycles. The zero-order chi connectivity index (χ0) is 13.8. The molecular formula is C14H26N2O2S. The quantitative estimate of drug-likeness (QED) is 0.842. The van der Waals surface area contributed by atoms with Gasteiger partial charge in [0.1, 0.15) is 5.60 Å². The topological polar surface area (TPSA) is 42.9 Å². The molecule has 0 radical (unpaired) electrons. The molecule has 5 heteroatoms. The van der Waals surface area contributed by atoms with E-state index in [1.807, 2.05) is 11.8 Å². The summed E-state index contributed by atoms with van der Waals surface area (Å²) in [4.78, 5) is 4.72.